The number of hydrogen-bond acceptors (Lipinski definition) is 6. The first-order valence-electron chi connectivity index (χ1n) is 7.06. The molecule has 2 heterocycles. The zero-order chi connectivity index (χ0) is 13.1. The quantitative estimate of drug-likeness (QED) is 0.567. The molecule has 0 spiro atoms. The molecule has 1 aromatic rings. The minimum atomic E-state index is 0.540. The number of anilines is 2. The third kappa shape index (κ3) is 3.51. The number of aromatic nitrogens is 2. The highest BCUT2D eigenvalue weighted by molar-refractivity contribution is 7.99. The molecule has 1 unspecified atom stereocenters. The van der Waals surface area contributed by atoms with Gasteiger partial charge in [-0.3, -0.25) is 0 Å². The second-order valence-corrected chi connectivity index (χ2v) is 6.69. The second-order valence-electron chi connectivity index (χ2n) is 5.28. The molecule has 19 heavy (non-hydrogen) atoms. The topological polar surface area (TPSA) is 75.9 Å². The van der Waals surface area contributed by atoms with Crippen molar-refractivity contribution in [1.29, 1.82) is 0 Å². The lowest BCUT2D eigenvalue weighted by Crippen LogP contribution is -2.21. The third-order valence-electron chi connectivity index (χ3n) is 3.62. The first-order valence-corrected chi connectivity index (χ1v) is 8.11. The van der Waals surface area contributed by atoms with Crippen LogP contribution in [0.5, 0.6) is 0 Å². The van der Waals surface area contributed by atoms with Gasteiger partial charge in [-0.2, -0.15) is 11.8 Å². The van der Waals surface area contributed by atoms with E-state index in [-0.39, 0.29) is 0 Å². The Morgan fingerprint density at radius 2 is 2.05 bits per heavy atom. The van der Waals surface area contributed by atoms with E-state index in [4.69, 9.17) is 5.84 Å². The Morgan fingerprint density at radius 3 is 2.74 bits per heavy atom. The molecule has 5 nitrogen and oxygen atoms in total. The van der Waals surface area contributed by atoms with Gasteiger partial charge < -0.3 is 10.7 Å². The molecule has 1 saturated carbocycles. The Morgan fingerprint density at radius 1 is 1.21 bits per heavy atom. The molecule has 6 heteroatoms. The molecule has 0 radical (unpaired) electrons. The molecular weight excluding hydrogens is 258 g/mol. The van der Waals surface area contributed by atoms with Crippen LogP contribution < -0.4 is 16.6 Å². The molecular formula is C13H21N5S. The zero-order valence-corrected chi connectivity index (χ0v) is 11.9. The van der Waals surface area contributed by atoms with Gasteiger partial charge in [0.05, 0.1) is 0 Å². The number of nitrogens with one attached hydrogen (secondary N) is 2. The predicted octanol–water partition coefficient (Wildman–Crippen LogP) is 2.34. The molecule has 0 aromatic carbocycles. The standard InChI is InChI=1S/C13H21N5S/c14-18-12-7-11(16-13(17-12)9-4-5-9)15-8-10-3-1-2-6-19-10/h7,9-10H,1-6,8,14H2,(H2,15,16,17,18). The summed E-state index contributed by atoms with van der Waals surface area (Å²) >= 11 is 2.07. The normalized spacial score (nSPS) is 23.1. The minimum Gasteiger partial charge on any atom is -0.369 e. The van der Waals surface area contributed by atoms with Gasteiger partial charge in [-0.25, -0.2) is 15.8 Å². The first kappa shape index (κ1) is 13.0. The second kappa shape index (κ2) is 5.96. The van der Waals surface area contributed by atoms with Gasteiger partial charge >= 0.3 is 0 Å². The molecule has 1 aliphatic carbocycles. The van der Waals surface area contributed by atoms with Crippen LogP contribution in [0.1, 0.15) is 43.8 Å². The van der Waals surface area contributed by atoms with Crippen LogP contribution >= 0.6 is 11.8 Å². The fourth-order valence-corrected chi connectivity index (χ4v) is 3.58. The Hall–Kier alpha value is -1.01. The molecule has 0 bridgehead atoms. The number of nitrogens with zero attached hydrogens (tertiary/aromatic N) is 2. The van der Waals surface area contributed by atoms with E-state index in [2.05, 4.69) is 32.5 Å². The SMILES string of the molecule is NNc1cc(NCC2CCCCS2)nc(C2CC2)n1. The molecule has 3 rings (SSSR count). The summed E-state index contributed by atoms with van der Waals surface area (Å²) in [5.41, 5.74) is 2.63. The van der Waals surface area contributed by atoms with Gasteiger partial charge in [0.15, 0.2) is 0 Å². The summed E-state index contributed by atoms with van der Waals surface area (Å²) < 4.78 is 0. The van der Waals surface area contributed by atoms with Crippen LogP contribution in [0.25, 0.3) is 0 Å². The van der Waals surface area contributed by atoms with Crippen molar-refractivity contribution in [2.45, 2.75) is 43.3 Å². The summed E-state index contributed by atoms with van der Waals surface area (Å²) in [6.45, 7) is 0.982. The van der Waals surface area contributed by atoms with E-state index in [1.807, 2.05) is 6.07 Å². The first-order chi connectivity index (χ1) is 9.35. The summed E-state index contributed by atoms with van der Waals surface area (Å²) in [4.78, 5) is 9.02. The van der Waals surface area contributed by atoms with Crippen molar-refractivity contribution in [3.05, 3.63) is 11.9 Å². The van der Waals surface area contributed by atoms with Gasteiger partial charge in [-0.1, -0.05) is 6.42 Å². The number of nitrogens with two attached hydrogens (primary N) is 1. The van der Waals surface area contributed by atoms with Crippen molar-refractivity contribution >= 4 is 23.4 Å². The Balaban J connectivity index is 1.63. The molecule has 4 N–H and O–H groups in total. The maximum absolute atomic E-state index is 5.47. The molecule has 2 aliphatic rings. The van der Waals surface area contributed by atoms with Crippen molar-refractivity contribution in [1.82, 2.24) is 9.97 Å². The van der Waals surface area contributed by atoms with Crippen LogP contribution in [0, 0.1) is 0 Å². The molecule has 1 aliphatic heterocycles. The maximum atomic E-state index is 5.47. The highest BCUT2D eigenvalue weighted by Gasteiger charge is 2.27. The van der Waals surface area contributed by atoms with Gasteiger partial charge in [0.2, 0.25) is 0 Å². The monoisotopic (exact) mass is 279 g/mol. The summed E-state index contributed by atoms with van der Waals surface area (Å²) in [5, 5.41) is 4.16. The summed E-state index contributed by atoms with van der Waals surface area (Å²) in [6, 6.07) is 1.89. The molecule has 0 amide bonds. The van der Waals surface area contributed by atoms with Gasteiger partial charge in [0.1, 0.15) is 17.5 Å². The lowest BCUT2D eigenvalue weighted by Gasteiger charge is -2.21. The molecule has 1 saturated heterocycles. The van der Waals surface area contributed by atoms with Crippen LogP contribution in [-0.4, -0.2) is 27.5 Å². The van der Waals surface area contributed by atoms with E-state index < -0.39 is 0 Å². The van der Waals surface area contributed by atoms with Crippen LogP contribution in [0.3, 0.4) is 0 Å². The summed E-state index contributed by atoms with van der Waals surface area (Å²) in [6.07, 6.45) is 6.42. The predicted molar refractivity (Wildman–Crippen MR) is 80.4 cm³/mol. The fourth-order valence-electron chi connectivity index (χ4n) is 2.34. The van der Waals surface area contributed by atoms with Crippen molar-refractivity contribution in [3.63, 3.8) is 0 Å². The highest BCUT2D eigenvalue weighted by atomic mass is 32.2. The van der Waals surface area contributed by atoms with Gasteiger partial charge in [0, 0.05) is 23.8 Å². The minimum absolute atomic E-state index is 0.540. The summed E-state index contributed by atoms with van der Waals surface area (Å²) in [7, 11) is 0. The number of rotatable bonds is 5. The van der Waals surface area contributed by atoms with Crippen molar-refractivity contribution < 1.29 is 0 Å². The fraction of sp³-hybridized carbons (Fsp3) is 0.692. The molecule has 2 fully saturated rings. The average molecular weight is 279 g/mol. The van der Waals surface area contributed by atoms with Crippen molar-refractivity contribution in [2.75, 3.05) is 23.0 Å². The zero-order valence-electron chi connectivity index (χ0n) is 11.1. The lowest BCUT2D eigenvalue weighted by molar-refractivity contribution is 0.676. The smallest absolute Gasteiger partial charge is 0.145 e. The van der Waals surface area contributed by atoms with Crippen molar-refractivity contribution in [3.8, 4) is 0 Å². The van der Waals surface area contributed by atoms with Gasteiger partial charge in [-0.05, 0) is 31.4 Å². The molecule has 104 valence electrons. The average Bonchev–Trinajstić information content (AvgIpc) is 3.30. The number of hydrogen-bond donors (Lipinski definition) is 3. The van der Waals surface area contributed by atoms with Crippen molar-refractivity contribution in [2.24, 2.45) is 5.84 Å². The molecule has 1 atom stereocenters. The van der Waals surface area contributed by atoms with E-state index in [1.165, 1.54) is 37.9 Å². The summed E-state index contributed by atoms with van der Waals surface area (Å²) in [5.74, 6) is 9.83. The number of hydrazine groups is 1. The van der Waals surface area contributed by atoms with E-state index in [1.54, 1.807) is 0 Å². The van der Waals surface area contributed by atoms with E-state index in [0.717, 1.165) is 18.2 Å². The number of nitrogen functional groups attached to an aromatic ring is 1. The Labute approximate surface area is 118 Å². The van der Waals surface area contributed by atoms with E-state index in [9.17, 15) is 0 Å². The van der Waals surface area contributed by atoms with Gasteiger partial charge in [-0.15, -0.1) is 0 Å². The van der Waals surface area contributed by atoms with E-state index >= 15 is 0 Å². The van der Waals surface area contributed by atoms with E-state index in [0.29, 0.717) is 17.0 Å². The number of thioether (sulfide) groups is 1. The van der Waals surface area contributed by atoms with Crippen LogP contribution in [0.15, 0.2) is 6.07 Å². The molecule has 1 aromatic heterocycles. The maximum Gasteiger partial charge on any atom is 0.145 e. The van der Waals surface area contributed by atoms with Crippen LogP contribution in [0.2, 0.25) is 0 Å². The lowest BCUT2D eigenvalue weighted by atomic mass is 10.2. The Bertz CT molecular complexity index is 429. The largest absolute Gasteiger partial charge is 0.369 e. The van der Waals surface area contributed by atoms with Crippen LogP contribution in [-0.2, 0) is 0 Å². The highest BCUT2D eigenvalue weighted by Crippen LogP contribution is 2.38. The van der Waals surface area contributed by atoms with Crippen LogP contribution in [0.4, 0.5) is 11.6 Å². The third-order valence-corrected chi connectivity index (χ3v) is 5.02. The van der Waals surface area contributed by atoms with Gasteiger partial charge in [0.25, 0.3) is 0 Å². The Kier molecular flexibility index (Phi) is 4.08.